The molecule has 0 saturated carbocycles. The Kier molecular flexibility index (Phi) is 5.80. The van der Waals surface area contributed by atoms with Crippen LogP contribution >= 0.6 is 0 Å². The number of carbonyl (C=O) groups excluding carboxylic acids is 1. The number of morpholine rings is 1. The smallest absolute Gasteiger partial charge is 0.224 e. The van der Waals surface area contributed by atoms with Crippen LogP contribution in [-0.2, 0) is 16.1 Å². The monoisotopic (exact) mass is 410 g/mol. The molecule has 3 heterocycles. The molecular formula is C21H23FN6O2. The molecule has 8 nitrogen and oxygen atoms in total. The van der Waals surface area contributed by atoms with Gasteiger partial charge in [0.05, 0.1) is 31.1 Å². The van der Waals surface area contributed by atoms with Gasteiger partial charge in [-0.1, -0.05) is 12.1 Å². The number of benzene rings is 1. The van der Waals surface area contributed by atoms with Crippen LogP contribution in [0, 0.1) is 19.7 Å². The molecule has 9 heteroatoms. The van der Waals surface area contributed by atoms with Crippen molar-refractivity contribution in [2.24, 2.45) is 0 Å². The molecule has 0 aliphatic carbocycles. The van der Waals surface area contributed by atoms with E-state index in [2.05, 4.69) is 20.1 Å². The van der Waals surface area contributed by atoms with Gasteiger partial charge in [0.1, 0.15) is 23.6 Å². The highest BCUT2D eigenvalue weighted by Gasteiger charge is 2.28. The molecule has 0 spiro atoms. The lowest BCUT2D eigenvalue weighted by atomic mass is 10.0. The minimum atomic E-state index is -0.426. The van der Waals surface area contributed by atoms with Crippen molar-refractivity contribution < 1.29 is 13.9 Å². The number of aromatic nitrogens is 5. The topological polar surface area (TPSA) is 86.0 Å². The zero-order chi connectivity index (χ0) is 21.1. The molecule has 3 aromatic rings. The standard InChI is InChI=1S/C21H23FN6O2/c1-14-25-15(2)28(26-14)9-6-19(29)27-10-11-30-18(13-27)21-20(23-7-8-24-21)16-4-3-5-17(22)12-16/h3-5,7-8,12,18H,6,9-11,13H2,1-2H3/t18-/m1/s1. The lowest BCUT2D eigenvalue weighted by molar-refractivity contribution is -0.139. The molecule has 2 aromatic heterocycles. The van der Waals surface area contributed by atoms with Gasteiger partial charge in [0.15, 0.2) is 0 Å². The largest absolute Gasteiger partial charge is 0.368 e. The maximum atomic E-state index is 13.7. The number of nitrogens with zero attached hydrogens (tertiary/aromatic N) is 6. The molecule has 0 radical (unpaired) electrons. The van der Waals surface area contributed by atoms with Crippen LogP contribution in [0.15, 0.2) is 36.7 Å². The fourth-order valence-electron chi connectivity index (χ4n) is 3.62. The fraction of sp³-hybridized carbons (Fsp3) is 0.381. The number of ether oxygens (including phenoxy) is 1. The SMILES string of the molecule is Cc1nc(C)n(CCC(=O)N2CCO[C@@H](c3nccnc3-c3cccc(F)c3)C2)n1. The predicted octanol–water partition coefficient (Wildman–Crippen LogP) is 2.48. The number of amides is 1. The van der Waals surface area contributed by atoms with Crippen molar-refractivity contribution in [3.8, 4) is 11.3 Å². The third-order valence-electron chi connectivity index (χ3n) is 5.05. The highest BCUT2D eigenvalue weighted by Crippen LogP contribution is 2.29. The van der Waals surface area contributed by atoms with E-state index in [4.69, 9.17) is 4.74 Å². The predicted molar refractivity (Wildman–Crippen MR) is 107 cm³/mol. The van der Waals surface area contributed by atoms with Gasteiger partial charge in [0.2, 0.25) is 5.91 Å². The molecule has 30 heavy (non-hydrogen) atoms. The van der Waals surface area contributed by atoms with E-state index in [0.717, 1.165) is 5.82 Å². The normalized spacial score (nSPS) is 16.6. The van der Waals surface area contributed by atoms with Crippen molar-refractivity contribution in [3.63, 3.8) is 0 Å². The van der Waals surface area contributed by atoms with E-state index >= 15 is 0 Å². The lowest BCUT2D eigenvalue weighted by Crippen LogP contribution is -2.43. The van der Waals surface area contributed by atoms with Crippen molar-refractivity contribution in [2.75, 3.05) is 19.7 Å². The van der Waals surface area contributed by atoms with Crippen molar-refractivity contribution >= 4 is 5.91 Å². The molecule has 0 N–H and O–H groups in total. The van der Waals surface area contributed by atoms with Crippen LogP contribution < -0.4 is 0 Å². The second-order valence-electron chi connectivity index (χ2n) is 7.18. The Bertz CT molecular complexity index is 1050. The molecule has 1 aromatic carbocycles. The Labute approximate surface area is 173 Å². The Hall–Kier alpha value is -3.20. The molecule has 1 aliphatic heterocycles. The highest BCUT2D eigenvalue weighted by atomic mass is 19.1. The zero-order valence-electron chi connectivity index (χ0n) is 17.0. The van der Waals surface area contributed by atoms with E-state index in [1.165, 1.54) is 12.1 Å². The van der Waals surface area contributed by atoms with E-state index in [1.807, 2.05) is 13.8 Å². The van der Waals surface area contributed by atoms with Crippen molar-refractivity contribution in [2.45, 2.75) is 32.9 Å². The van der Waals surface area contributed by atoms with E-state index in [1.54, 1.807) is 34.1 Å². The summed E-state index contributed by atoms with van der Waals surface area (Å²) in [6.07, 6.45) is 3.05. The van der Waals surface area contributed by atoms with Crippen LogP contribution in [0.1, 0.15) is 29.9 Å². The molecule has 1 atom stereocenters. The zero-order valence-corrected chi connectivity index (χ0v) is 17.0. The Morgan fingerprint density at radius 2 is 2.10 bits per heavy atom. The van der Waals surface area contributed by atoms with Gasteiger partial charge >= 0.3 is 0 Å². The Morgan fingerprint density at radius 1 is 1.27 bits per heavy atom. The maximum Gasteiger partial charge on any atom is 0.224 e. The number of halogens is 1. The first-order valence-electron chi connectivity index (χ1n) is 9.85. The minimum Gasteiger partial charge on any atom is -0.368 e. The van der Waals surface area contributed by atoms with E-state index in [9.17, 15) is 9.18 Å². The Morgan fingerprint density at radius 3 is 2.87 bits per heavy atom. The molecule has 4 rings (SSSR count). The van der Waals surface area contributed by atoms with Crippen LogP contribution in [0.4, 0.5) is 4.39 Å². The third-order valence-corrected chi connectivity index (χ3v) is 5.05. The van der Waals surface area contributed by atoms with Crippen molar-refractivity contribution in [3.05, 3.63) is 59.8 Å². The lowest BCUT2D eigenvalue weighted by Gasteiger charge is -2.33. The number of hydrogen-bond donors (Lipinski definition) is 0. The molecule has 0 bridgehead atoms. The summed E-state index contributed by atoms with van der Waals surface area (Å²) in [5.41, 5.74) is 1.79. The number of aryl methyl sites for hydroxylation is 3. The van der Waals surface area contributed by atoms with Crippen LogP contribution in [-0.4, -0.2) is 55.2 Å². The van der Waals surface area contributed by atoms with Gasteiger partial charge in [0.25, 0.3) is 0 Å². The first-order valence-corrected chi connectivity index (χ1v) is 9.85. The summed E-state index contributed by atoms with van der Waals surface area (Å²) in [7, 11) is 0. The van der Waals surface area contributed by atoms with Crippen LogP contribution in [0.3, 0.4) is 0 Å². The van der Waals surface area contributed by atoms with Gasteiger partial charge in [-0.25, -0.2) is 14.1 Å². The molecule has 156 valence electrons. The molecule has 1 saturated heterocycles. The minimum absolute atomic E-state index is 0.0204. The fourth-order valence-corrected chi connectivity index (χ4v) is 3.62. The van der Waals surface area contributed by atoms with Gasteiger partial charge in [0, 0.05) is 30.9 Å². The summed E-state index contributed by atoms with van der Waals surface area (Å²) in [5, 5.41) is 4.30. The summed E-state index contributed by atoms with van der Waals surface area (Å²) in [6.45, 7) is 5.46. The van der Waals surface area contributed by atoms with E-state index in [0.29, 0.717) is 55.4 Å². The average molecular weight is 410 g/mol. The van der Waals surface area contributed by atoms with Gasteiger partial charge < -0.3 is 9.64 Å². The summed E-state index contributed by atoms with van der Waals surface area (Å²) < 4.78 is 21.4. The second-order valence-corrected chi connectivity index (χ2v) is 7.18. The maximum absolute atomic E-state index is 13.7. The van der Waals surface area contributed by atoms with Crippen LogP contribution in [0.2, 0.25) is 0 Å². The third kappa shape index (κ3) is 4.35. The molecule has 1 fully saturated rings. The summed E-state index contributed by atoms with van der Waals surface area (Å²) in [4.78, 5) is 27.7. The molecule has 1 aliphatic rings. The summed E-state index contributed by atoms with van der Waals surface area (Å²) in [6, 6.07) is 6.22. The van der Waals surface area contributed by atoms with Gasteiger partial charge in [-0.2, -0.15) is 5.10 Å². The van der Waals surface area contributed by atoms with Gasteiger partial charge in [-0.05, 0) is 26.0 Å². The number of hydrogen-bond acceptors (Lipinski definition) is 6. The van der Waals surface area contributed by atoms with Crippen molar-refractivity contribution in [1.82, 2.24) is 29.6 Å². The van der Waals surface area contributed by atoms with Crippen LogP contribution in [0.5, 0.6) is 0 Å². The summed E-state index contributed by atoms with van der Waals surface area (Å²) >= 11 is 0. The molecular weight excluding hydrogens is 387 g/mol. The van der Waals surface area contributed by atoms with Crippen molar-refractivity contribution in [1.29, 1.82) is 0 Å². The summed E-state index contributed by atoms with van der Waals surface area (Å²) in [5.74, 6) is 1.16. The second kappa shape index (κ2) is 8.66. The van der Waals surface area contributed by atoms with Crippen LogP contribution in [0.25, 0.3) is 11.3 Å². The first-order chi connectivity index (χ1) is 14.5. The number of rotatable bonds is 5. The Balaban J connectivity index is 1.48. The average Bonchev–Trinajstić information content (AvgIpc) is 3.09. The van der Waals surface area contributed by atoms with E-state index in [-0.39, 0.29) is 11.7 Å². The number of carbonyl (C=O) groups is 1. The van der Waals surface area contributed by atoms with Gasteiger partial charge in [-0.15, -0.1) is 0 Å². The molecule has 0 unspecified atom stereocenters. The van der Waals surface area contributed by atoms with Gasteiger partial charge in [-0.3, -0.25) is 14.8 Å². The first kappa shape index (κ1) is 20.1. The molecule has 1 amide bonds. The highest BCUT2D eigenvalue weighted by molar-refractivity contribution is 5.76. The quantitative estimate of drug-likeness (QED) is 0.642. The van der Waals surface area contributed by atoms with E-state index < -0.39 is 6.10 Å².